The van der Waals surface area contributed by atoms with Gasteiger partial charge in [0.15, 0.2) is 11.6 Å². The molecule has 2 atom stereocenters. The second-order valence-electron chi connectivity index (χ2n) is 7.10. The number of anilines is 1. The minimum atomic E-state index is -3.28. The van der Waals surface area contributed by atoms with Crippen LogP contribution in [0.1, 0.15) is 23.8 Å². The number of benzene rings is 1. The third kappa shape index (κ3) is 3.37. The molecule has 28 heavy (non-hydrogen) atoms. The predicted octanol–water partition coefficient (Wildman–Crippen LogP) is 2.08. The molecule has 0 unspecified atom stereocenters. The van der Waals surface area contributed by atoms with Crippen LogP contribution >= 0.6 is 0 Å². The minimum absolute atomic E-state index is 0.0691. The predicted molar refractivity (Wildman–Crippen MR) is 91.7 cm³/mol. The Labute approximate surface area is 157 Å². The van der Waals surface area contributed by atoms with Gasteiger partial charge in [-0.1, -0.05) is 6.07 Å². The molecule has 10 heteroatoms. The molecule has 0 aliphatic carbocycles. The van der Waals surface area contributed by atoms with Crippen LogP contribution in [0.3, 0.4) is 0 Å². The van der Waals surface area contributed by atoms with E-state index in [1.165, 1.54) is 6.07 Å². The number of nitrogens with two attached hydrogens (primary N) is 1. The SMILES string of the molecule is Nc1ccn([C@@H]2O[C@H](CN3CCc4ccc(F)c(F)c4C3)CC2(F)F)c(=O)n1. The Hall–Kier alpha value is -2.46. The fourth-order valence-electron chi connectivity index (χ4n) is 3.78. The summed E-state index contributed by atoms with van der Waals surface area (Å²) in [5.41, 5.74) is 5.42. The van der Waals surface area contributed by atoms with Crippen molar-refractivity contribution >= 4 is 5.82 Å². The first kappa shape index (κ1) is 18.9. The van der Waals surface area contributed by atoms with Gasteiger partial charge in [-0.25, -0.2) is 22.4 Å². The molecule has 1 aromatic carbocycles. The second-order valence-corrected chi connectivity index (χ2v) is 7.10. The zero-order valence-electron chi connectivity index (χ0n) is 14.7. The van der Waals surface area contributed by atoms with Crippen LogP contribution in [0.5, 0.6) is 0 Å². The molecule has 6 nitrogen and oxygen atoms in total. The number of nitrogen functional groups attached to an aromatic ring is 1. The van der Waals surface area contributed by atoms with Gasteiger partial charge in [0.25, 0.3) is 5.92 Å². The molecule has 150 valence electrons. The van der Waals surface area contributed by atoms with Crippen LogP contribution in [0, 0.1) is 11.6 Å². The highest BCUT2D eigenvalue weighted by atomic mass is 19.3. The summed E-state index contributed by atoms with van der Waals surface area (Å²) in [5.74, 6) is -5.19. The number of aromatic nitrogens is 2. The number of halogens is 4. The van der Waals surface area contributed by atoms with E-state index in [0.717, 1.165) is 16.8 Å². The van der Waals surface area contributed by atoms with Gasteiger partial charge in [-0.3, -0.25) is 9.47 Å². The summed E-state index contributed by atoms with van der Waals surface area (Å²) in [6.07, 6.45) is -1.64. The van der Waals surface area contributed by atoms with E-state index in [4.69, 9.17) is 10.5 Å². The lowest BCUT2D eigenvalue weighted by atomic mass is 9.98. The van der Waals surface area contributed by atoms with Gasteiger partial charge in [0.2, 0.25) is 6.23 Å². The van der Waals surface area contributed by atoms with E-state index in [2.05, 4.69) is 4.98 Å². The first-order chi connectivity index (χ1) is 13.2. The van der Waals surface area contributed by atoms with Crippen LogP contribution in [-0.4, -0.2) is 39.6 Å². The Morgan fingerprint density at radius 1 is 1.29 bits per heavy atom. The summed E-state index contributed by atoms with van der Waals surface area (Å²) in [5, 5.41) is 0. The van der Waals surface area contributed by atoms with Gasteiger partial charge < -0.3 is 10.5 Å². The third-order valence-electron chi connectivity index (χ3n) is 5.12. The maximum atomic E-state index is 14.5. The molecule has 3 heterocycles. The van der Waals surface area contributed by atoms with E-state index in [1.807, 2.05) is 0 Å². The van der Waals surface area contributed by atoms with Crippen LogP contribution < -0.4 is 11.4 Å². The molecule has 0 spiro atoms. The van der Waals surface area contributed by atoms with Crippen LogP contribution in [-0.2, 0) is 17.7 Å². The summed E-state index contributed by atoms with van der Waals surface area (Å²) in [6.45, 7) is 0.731. The smallest absolute Gasteiger partial charge is 0.351 e. The second kappa shape index (κ2) is 6.85. The van der Waals surface area contributed by atoms with E-state index in [0.29, 0.717) is 18.5 Å². The molecule has 0 bridgehead atoms. The minimum Gasteiger partial charge on any atom is -0.383 e. The van der Waals surface area contributed by atoms with Crippen molar-refractivity contribution in [1.29, 1.82) is 0 Å². The molecule has 1 fully saturated rings. The first-order valence-electron chi connectivity index (χ1n) is 8.80. The lowest BCUT2D eigenvalue weighted by Gasteiger charge is -2.30. The highest BCUT2D eigenvalue weighted by Gasteiger charge is 2.52. The van der Waals surface area contributed by atoms with Crippen molar-refractivity contribution in [2.24, 2.45) is 0 Å². The molecule has 1 saturated heterocycles. The molecule has 0 saturated carbocycles. The van der Waals surface area contributed by atoms with Crippen LogP contribution in [0.15, 0.2) is 29.2 Å². The molecular formula is C18H18F4N4O2. The lowest BCUT2D eigenvalue weighted by Crippen LogP contribution is -2.37. The van der Waals surface area contributed by atoms with Gasteiger partial charge in [0.05, 0.1) is 6.10 Å². The Balaban J connectivity index is 1.49. The number of hydrogen-bond acceptors (Lipinski definition) is 5. The number of rotatable bonds is 3. The molecule has 2 N–H and O–H groups in total. The van der Waals surface area contributed by atoms with Gasteiger partial charge in [-0.2, -0.15) is 4.98 Å². The monoisotopic (exact) mass is 398 g/mol. The lowest BCUT2D eigenvalue weighted by molar-refractivity contribution is -0.119. The van der Waals surface area contributed by atoms with Crippen molar-refractivity contribution in [2.45, 2.75) is 37.6 Å². The normalized spacial score (nSPS) is 24.3. The number of ether oxygens (including phenoxy) is 1. The average molecular weight is 398 g/mol. The maximum Gasteiger partial charge on any atom is 0.351 e. The molecule has 1 aromatic heterocycles. The highest BCUT2D eigenvalue weighted by Crippen LogP contribution is 2.42. The van der Waals surface area contributed by atoms with E-state index in [1.54, 1.807) is 11.0 Å². The average Bonchev–Trinajstić information content (AvgIpc) is 2.92. The molecule has 4 rings (SSSR count). The molecule has 2 aliphatic heterocycles. The van der Waals surface area contributed by atoms with E-state index in [-0.39, 0.29) is 24.5 Å². The van der Waals surface area contributed by atoms with E-state index >= 15 is 0 Å². The third-order valence-corrected chi connectivity index (χ3v) is 5.12. The summed E-state index contributed by atoms with van der Waals surface area (Å²) in [7, 11) is 0. The van der Waals surface area contributed by atoms with Gasteiger partial charge in [0.1, 0.15) is 5.82 Å². The zero-order valence-corrected chi connectivity index (χ0v) is 14.7. The molecule has 0 radical (unpaired) electrons. The van der Waals surface area contributed by atoms with Crippen molar-refractivity contribution in [3.8, 4) is 0 Å². The van der Waals surface area contributed by atoms with Gasteiger partial charge >= 0.3 is 5.69 Å². The van der Waals surface area contributed by atoms with Crippen LogP contribution in [0.2, 0.25) is 0 Å². The summed E-state index contributed by atoms with van der Waals surface area (Å²) in [4.78, 5) is 17.1. The topological polar surface area (TPSA) is 73.4 Å². The Bertz CT molecular complexity index is 965. The van der Waals surface area contributed by atoms with Crippen molar-refractivity contribution in [3.63, 3.8) is 0 Å². The van der Waals surface area contributed by atoms with Crippen LogP contribution in [0.25, 0.3) is 0 Å². The summed E-state index contributed by atoms with van der Waals surface area (Å²) < 4.78 is 62.6. The Morgan fingerprint density at radius 2 is 2.07 bits per heavy atom. The summed E-state index contributed by atoms with van der Waals surface area (Å²) in [6, 6.07) is 3.88. The van der Waals surface area contributed by atoms with Gasteiger partial charge in [-0.15, -0.1) is 0 Å². The Morgan fingerprint density at radius 3 is 2.82 bits per heavy atom. The van der Waals surface area contributed by atoms with E-state index < -0.39 is 42.0 Å². The fourth-order valence-corrected chi connectivity index (χ4v) is 3.78. The standard InChI is InChI=1S/C18H18F4N4O2/c19-13-2-1-10-3-5-25(9-12(10)15(13)20)8-11-7-18(21,22)16(28-11)26-6-4-14(23)24-17(26)27/h1-2,4,6,11,16H,3,5,7-9H2,(H2,23,24,27)/t11-,16+/m0/s1. The molecular weight excluding hydrogens is 380 g/mol. The van der Waals surface area contributed by atoms with Crippen molar-refractivity contribution in [1.82, 2.24) is 14.5 Å². The van der Waals surface area contributed by atoms with Crippen molar-refractivity contribution in [3.05, 3.63) is 57.6 Å². The van der Waals surface area contributed by atoms with Gasteiger partial charge in [-0.05, 0) is 24.1 Å². The quantitative estimate of drug-likeness (QED) is 0.802. The zero-order chi connectivity index (χ0) is 20.1. The largest absolute Gasteiger partial charge is 0.383 e. The van der Waals surface area contributed by atoms with Crippen LogP contribution in [0.4, 0.5) is 23.4 Å². The maximum absolute atomic E-state index is 14.5. The molecule has 0 amide bonds. The highest BCUT2D eigenvalue weighted by molar-refractivity contribution is 5.31. The molecule has 2 aromatic rings. The molecule has 2 aliphatic rings. The number of nitrogens with zero attached hydrogens (tertiary/aromatic N) is 3. The number of hydrogen-bond donors (Lipinski definition) is 1. The Kier molecular flexibility index (Phi) is 4.62. The summed E-state index contributed by atoms with van der Waals surface area (Å²) >= 11 is 0. The van der Waals surface area contributed by atoms with E-state index in [9.17, 15) is 22.4 Å². The first-order valence-corrected chi connectivity index (χ1v) is 8.80. The fraction of sp³-hybridized carbons (Fsp3) is 0.444. The van der Waals surface area contributed by atoms with Crippen molar-refractivity contribution < 1.29 is 22.3 Å². The number of fused-ring (bicyclic) bond motifs is 1. The number of alkyl halides is 2. The van der Waals surface area contributed by atoms with Crippen molar-refractivity contribution in [2.75, 3.05) is 18.8 Å². The van der Waals surface area contributed by atoms with Gasteiger partial charge in [0, 0.05) is 37.8 Å².